The van der Waals surface area contributed by atoms with Gasteiger partial charge in [0.2, 0.25) is 0 Å². The molecular weight excluding hydrogens is 204 g/mol. The van der Waals surface area contributed by atoms with Crippen LogP contribution in [0.1, 0.15) is 44.9 Å². The molecule has 0 aromatic rings. The zero-order valence-electron chi connectivity index (χ0n) is 9.87. The van der Waals surface area contributed by atoms with Crippen molar-refractivity contribution < 1.29 is 9.59 Å². The van der Waals surface area contributed by atoms with Crippen molar-refractivity contribution in [3.63, 3.8) is 0 Å². The summed E-state index contributed by atoms with van der Waals surface area (Å²) in [7, 11) is 1.84. The lowest BCUT2D eigenvalue weighted by molar-refractivity contribution is -0.121. The molecule has 4 heteroatoms. The molecule has 1 N–H and O–H groups in total. The van der Waals surface area contributed by atoms with Crippen LogP contribution >= 0.6 is 0 Å². The highest BCUT2D eigenvalue weighted by Gasteiger charge is 2.27. The van der Waals surface area contributed by atoms with E-state index < -0.39 is 0 Å². The summed E-state index contributed by atoms with van der Waals surface area (Å²) in [6.07, 6.45) is 6.37. The van der Waals surface area contributed by atoms with E-state index in [1.807, 2.05) is 7.05 Å². The number of amides is 2. The van der Waals surface area contributed by atoms with Crippen LogP contribution < -0.4 is 5.32 Å². The molecule has 0 aromatic heterocycles. The minimum absolute atomic E-state index is 0.0315. The van der Waals surface area contributed by atoms with E-state index in [4.69, 9.17) is 0 Å². The van der Waals surface area contributed by atoms with E-state index in [9.17, 15) is 9.59 Å². The maximum atomic E-state index is 11.9. The van der Waals surface area contributed by atoms with Crippen molar-refractivity contribution in [2.75, 3.05) is 7.05 Å². The van der Waals surface area contributed by atoms with Gasteiger partial charge in [-0.3, -0.25) is 4.79 Å². The second kappa shape index (κ2) is 4.85. The van der Waals surface area contributed by atoms with E-state index >= 15 is 0 Å². The molecule has 0 aromatic carbocycles. The third-order valence-electron chi connectivity index (χ3n) is 3.81. The first-order valence-corrected chi connectivity index (χ1v) is 6.22. The van der Waals surface area contributed by atoms with Gasteiger partial charge in [0.15, 0.2) is 0 Å². The number of nitrogens with one attached hydrogen (secondary N) is 1. The minimum Gasteiger partial charge on any atom is -0.335 e. The molecule has 90 valence electrons. The molecule has 2 amide bonds. The van der Waals surface area contributed by atoms with E-state index in [1.165, 1.54) is 6.42 Å². The number of carbonyl (C=O) groups excluding carboxylic acids is 2. The van der Waals surface area contributed by atoms with Gasteiger partial charge in [0, 0.05) is 32.0 Å². The summed E-state index contributed by atoms with van der Waals surface area (Å²) in [5, 5.41) is 3.03. The number of rotatable bonds is 2. The predicted molar refractivity (Wildman–Crippen MR) is 61.2 cm³/mol. The first-order chi connectivity index (χ1) is 7.66. The Kier molecular flexibility index (Phi) is 3.46. The fourth-order valence-electron chi connectivity index (χ4n) is 2.31. The van der Waals surface area contributed by atoms with Gasteiger partial charge in [-0.05, 0) is 32.1 Å². The number of ketones is 1. The summed E-state index contributed by atoms with van der Waals surface area (Å²) in [6, 6.07) is 0.669. The summed E-state index contributed by atoms with van der Waals surface area (Å²) in [6.45, 7) is 0. The maximum Gasteiger partial charge on any atom is 0.317 e. The van der Waals surface area contributed by atoms with Gasteiger partial charge in [-0.25, -0.2) is 4.79 Å². The predicted octanol–water partition coefficient (Wildman–Crippen LogP) is 1.69. The topological polar surface area (TPSA) is 49.4 Å². The Morgan fingerprint density at radius 2 is 1.88 bits per heavy atom. The summed E-state index contributed by atoms with van der Waals surface area (Å²) >= 11 is 0. The number of hydrogen-bond donors (Lipinski definition) is 1. The van der Waals surface area contributed by atoms with Crippen molar-refractivity contribution in [2.24, 2.45) is 0 Å². The fraction of sp³-hybridized carbons (Fsp3) is 0.833. The van der Waals surface area contributed by atoms with Crippen LogP contribution in [0.5, 0.6) is 0 Å². The maximum absolute atomic E-state index is 11.9. The van der Waals surface area contributed by atoms with Crippen molar-refractivity contribution in [3.8, 4) is 0 Å². The van der Waals surface area contributed by atoms with Gasteiger partial charge in [0.25, 0.3) is 0 Å². The zero-order valence-corrected chi connectivity index (χ0v) is 9.87. The van der Waals surface area contributed by atoms with Crippen molar-refractivity contribution in [1.82, 2.24) is 10.2 Å². The van der Waals surface area contributed by atoms with Gasteiger partial charge in [0.05, 0.1) is 0 Å². The lowest BCUT2D eigenvalue weighted by atomic mass is 9.92. The van der Waals surface area contributed by atoms with Crippen LogP contribution in [0.15, 0.2) is 0 Å². The molecule has 0 spiro atoms. The van der Waals surface area contributed by atoms with Gasteiger partial charge < -0.3 is 10.2 Å². The Morgan fingerprint density at radius 1 is 1.25 bits per heavy atom. The number of carbonyl (C=O) groups is 2. The standard InChI is InChI=1S/C12H20N2O2/c1-14(10-5-7-11(15)8-6-10)12(16)13-9-3-2-4-9/h9-10H,2-8H2,1H3,(H,13,16). The molecular formula is C12H20N2O2. The second-order valence-electron chi connectivity index (χ2n) is 4.96. The molecule has 0 radical (unpaired) electrons. The van der Waals surface area contributed by atoms with Crippen LogP contribution in [-0.4, -0.2) is 35.8 Å². The van der Waals surface area contributed by atoms with Crippen molar-refractivity contribution >= 4 is 11.8 Å². The van der Waals surface area contributed by atoms with E-state index in [0.717, 1.165) is 25.7 Å². The van der Waals surface area contributed by atoms with Crippen molar-refractivity contribution in [3.05, 3.63) is 0 Å². The van der Waals surface area contributed by atoms with Crippen LogP contribution in [0.4, 0.5) is 4.79 Å². The largest absolute Gasteiger partial charge is 0.335 e. The fourth-order valence-corrected chi connectivity index (χ4v) is 2.31. The number of urea groups is 1. The molecule has 16 heavy (non-hydrogen) atoms. The molecule has 4 nitrogen and oxygen atoms in total. The molecule has 0 bridgehead atoms. The average Bonchev–Trinajstić information content (AvgIpc) is 2.23. The van der Waals surface area contributed by atoms with E-state index in [0.29, 0.717) is 24.7 Å². The lowest BCUT2D eigenvalue weighted by Gasteiger charge is -2.34. The smallest absolute Gasteiger partial charge is 0.317 e. The summed E-state index contributed by atoms with van der Waals surface area (Å²) in [4.78, 5) is 24.8. The van der Waals surface area contributed by atoms with Crippen LogP contribution in [0.25, 0.3) is 0 Å². The van der Waals surface area contributed by atoms with Gasteiger partial charge in [-0.1, -0.05) is 0 Å². The molecule has 0 saturated heterocycles. The van der Waals surface area contributed by atoms with Crippen molar-refractivity contribution in [2.45, 2.75) is 57.0 Å². The molecule has 2 rings (SSSR count). The Bertz CT molecular complexity index is 277. The Morgan fingerprint density at radius 3 is 2.38 bits per heavy atom. The monoisotopic (exact) mass is 224 g/mol. The van der Waals surface area contributed by atoms with Crippen LogP contribution in [-0.2, 0) is 4.79 Å². The SMILES string of the molecule is CN(C(=O)NC1CCC1)C1CCC(=O)CC1. The Labute approximate surface area is 96.4 Å². The number of hydrogen-bond acceptors (Lipinski definition) is 2. The van der Waals surface area contributed by atoms with E-state index in [-0.39, 0.29) is 12.1 Å². The van der Waals surface area contributed by atoms with Gasteiger partial charge in [-0.2, -0.15) is 0 Å². The Hall–Kier alpha value is -1.06. The van der Waals surface area contributed by atoms with Gasteiger partial charge in [0.1, 0.15) is 5.78 Å². The second-order valence-corrected chi connectivity index (χ2v) is 4.96. The van der Waals surface area contributed by atoms with Gasteiger partial charge in [-0.15, -0.1) is 0 Å². The number of Topliss-reactive ketones (excluding diaryl/α,β-unsaturated/α-hetero) is 1. The van der Waals surface area contributed by atoms with Crippen LogP contribution in [0, 0.1) is 0 Å². The van der Waals surface area contributed by atoms with Crippen LogP contribution in [0.2, 0.25) is 0 Å². The van der Waals surface area contributed by atoms with E-state index in [2.05, 4.69) is 5.32 Å². The first-order valence-electron chi connectivity index (χ1n) is 6.22. The highest BCUT2D eigenvalue weighted by Crippen LogP contribution is 2.21. The highest BCUT2D eigenvalue weighted by atomic mass is 16.2. The lowest BCUT2D eigenvalue weighted by Crippen LogP contribution is -2.50. The Balaban J connectivity index is 1.78. The molecule has 0 aliphatic heterocycles. The zero-order chi connectivity index (χ0) is 11.5. The molecule has 2 saturated carbocycles. The third-order valence-corrected chi connectivity index (χ3v) is 3.81. The molecule has 0 unspecified atom stereocenters. The third kappa shape index (κ3) is 2.54. The molecule has 2 fully saturated rings. The average molecular weight is 224 g/mol. The van der Waals surface area contributed by atoms with E-state index in [1.54, 1.807) is 4.90 Å². The molecule has 0 atom stereocenters. The van der Waals surface area contributed by atoms with Crippen LogP contribution in [0.3, 0.4) is 0 Å². The molecule has 2 aliphatic rings. The molecule has 2 aliphatic carbocycles. The summed E-state index contributed by atoms with van der Waals surface area (Å²) < 4.78 is 0. The van der Waals surface area contributed by atoms with Crippen molar-refractivity contribution in [1.29, 1.82) is 0 Å². The number of nitrogens with zero attached hydrogens (tertiary/aromatic N) is 1. The summed E-state index contributed by atoms with van der Waals surface area (Å²) in [5.74, 6) is 0.337. The summed E-state index contributed by atoms with van der Waals surface area (Å²) in [5.41, 5.74) is 0. The quantitative estimate of drug-likeness (QED) is 0.776. The molecule has 0 heterocycles. The minimum atomic E-state index is 0.0315. The van der Waals surface area contributed by atoms with Gasteiger partial charge >= 0.3 is 6.03 Å². The highest BCUT2D eigenvalue weighted by molar-refractivity contribution is 5.80. The first kappa shape index (κ1) is 11.4. The normalized spacial score (nSPS) is 22.7.